The SMILES string of the molecule is C(#Cc1cc2c(cc1C#Cc1cc3c(cc1C#Cc1ccccc1)OCO3)OCO2)c1ccccc1. The number of ether oxygens (including phenoxy) is 4. The van der Waals surface area contributed by atoms with Crippen LogP contribution in [0, 0.1) is 35.5 Å². The number of rotatable bonds is 0. The molecule has 0 amide bonds. The maximum Gasteiger partial charge on any atom is 0.231 e. The predicted octanol–water partition coefficient (Wildman–Crippen LogP) is 5.34. The van der Waals surface area contributed by atoms with Crippen molar-refractivity contribution in [2.24, 2.45) is 0 Å². The fraction of sp³-hybridized carbons (Fsp3) is 0.0625. The highest BCUT2D eigenvalue weighted by atomic mass is 16.7. The second kappa shape index (κ2) is 9.55. The summed E-state index contributed by atoms with van der Waals surface area (Å²) in [7, 11) is 0. The summed E-state index contributed by atoms with van der Waals surface area (Å²) in [6, 6.07) is 27.1. The molecule has 4 aromatic carbocycles. The van der Waals surface area contributed by atoms with Gasteiger partial charge in [0.05, 0.1) is 0 Å². The minimum absolute atomic E-state index is 0.180. The van der Waals surface area contributed by atoms with Gasteiger partial charge >= 0.3 is 0 Å². The molecule has 0 saturated carbocycles. The van der Waals surface area contributed by atoms with Crippen LogP contribution < -0.4 is 18.9 Å². The Hall–Kier alpha value is -5.24. The van der Waals surface area contributed by atoms with Crippen LogP contribution in [0.1, 0.15) is 33.4 Å². The molecule has 0 spiro atoms. The summed E-state index contributed by atoms with van der Waals surface area (Å²) >= 11 is 0. The lowest BCUT2D eigenvalue weighted by Crippen LogP contribution is -1.92. The molecule has 0 aliphatic carbocycles. The van der Waals surface area contributed by atoms with E-state index in [0.29, 0.717) is 23.0 Å². The molecule has 170 valence electrons. The Bertz CT molecular complexity index is 1510. The van der Waals surface area contributed by atoms with E-state index in [-0.39, 0.29) is 13.6 Å². The summed E-state index contributed by atoms with van der Waals surface area (Å²) in [6.07, 6.45) is 0. The van der Waals surface area contributed by atoms with Gasteiger partial charge in [-0.1, -0.05) is 71.9 Å². The van der Waals surface area contributed by atoms with E-state index >= 15 is 0 Å². The molecule has 2 aliphatic rings. The van der Waals surface area contributed by atoms with Crippen molar-refractivity contribution in [3.63, 3.8) is 0 Å². The van der Waals surface area contributed by atoms with Crippen LogP contribution in [0.2, 0.25) is 0 Å². The van der Waals surface area contributed by atoms with E-state index in [9.17, 15) is 0 Å². The van der Waals surface area contributed by atoms with Crippen molar-refractivity contribution >= 4 is 0 Å². The molecule has 2 heterocycles. The van der Waals surface area contributed by atoms with Gasteiger partial charge < -0.3 is 18.9 Å². The third kappa shape index (κ3) is 4.55. The maximum atomic E-state index is 5.58. The van der Waals surface area contributed by atoms with E-state index in [1.54, 1.807) is 0 Å². The summed E-state index contributed by atoms with van der Waals surface area (Å²) in [4.78, 5) is 0. The lowest BCUT2D eigenvalue weighted by atomic mass is 10.0. The van der Waals surface area contributed by atoms with Gasteiger partial charge in [0.15, 0.2) is 23.0 Å². The van der Waals surface area contributed by atoms with Crippen molar-refractivity contribution in [2.45, 2.75) is 0 Å². The Morgan fingerprint density at radius 3 is 1.03 bits per heavy atom. The smallest absolute Gasteiger partial charge is 0.231 e. The van der Waals surface area contributed by atoms with Crippen molar-refractivity contribution in [1.29, 1.82) is 0 Å². The summed E-state index contributed by atoms with van der Waals surface area (Å²) in [5, 5.41) is 0. The lowest BCUT2D eigenvalue weighted by molar-refractivity contribution is 0.173. The molecule has 2 aliphatic heterocycles. The van der Waals surface area contributed by atoms with Crippen LogP contribution in [0.5, 0.6) is 23.0 Å². The zero-order valence-corrected chi connectivity index (χ0v) is 19.1. The first kappa shape index (κ1) is 21.3. The Labute approximate surface area is 209 Å². The summed E-state index contributed by atoms with van der Waals surface area (Å²) in [5.74, 6) is 22.1. The molecule has 0 unspecified atom stereocenters. The fourth-order valence-corrected chi connectivity index (χ4v) is 3.75. The first-order chi connectivity index (χ1) is 17.8. The molecule has 4 aromatic rings. The normalized spacial score (nSPS) is 11.9. The van der Waals surface area contributed by atoms with Crippen molar-refractivity contribution < 1.29 is 18.9 Å². The second-order valence-corrected chi connectivity index (χ2v) is 7.98. The average Bonchev–Trinajstić information content (AvgIpc) is 3.58. The molecular weight excluding hydrogens is 448 g/mol. The van der Waals surface area contributed by atoms with Crippen LogP contribution in [0.15, 0.2) is 84.9 Å². The lowest BCUT2D eigenvalue weighted by Gasteiger charge is -2.03. The van der Waals surface area contributed by atoms with Crippen LogP contribution in [0.25, 0.3) is 0 Å². The Balaban J connectivity index is 1.42. The third-order valence-electron chi connectivity index (χ3n) is 5.59. The summed E-state index contributed by atoms with van der Waals surface area (Å²) in [6.45, 7) is 0.359. The third-order valence-corrected chi connectivity index (χ3v) is 5.59. The zero-order valence-electron chi connectivity index (χ0n) is 19.1. The van der Waals surface area contributed by atoms with Gasteiger partial charge in [-0.15, -0.1) is 0 Å². The van der Waals surface area contributed by atoms with Crippen LogP contribution in [-0.4, -0.2) is 13.6 Å². The maximum absolute atomic E-state index is 5.58. The highest BCUT2D eigenvalue weighted by Gasteiger charge is 2.17. The number of benzene rings is 4. The number of hydrogen-bond acceptors (Lipinski definition) is 4. The first-order valence-corrected chi connectivity index (χ1v) is 11.4. The number of fused-ring (bicyclic) bond motifs is 2. The molecule has 0 aromatic heterocycles. The molecular formula is C32H18O4. The van der Waals surface area contributed by atoms with Crippen LogP contribution in [0.3, 0.4) is 0 Å². The van der Waals surface area contributed by atoms with Gasteiger partial charge in [-0.2, -0.15) is 0 Å². The molecule has 0 atom stereocenters. The van der Waals surface area contributed by atoms with Crippen molar-refractivity contribution in [2.75, 3.05) is 13.6 Å². The van der Waals surface area contributed by atoms with Gasteiger partial charge in [-0.05, 0) is 24.3 Å². The Morgan fingerprint density at radius 1 is 0.389 bits per heavy atom. The van der Waals surface area contributed by atoms with Gasteiger partial charge in [0.1, 0.15) is 0 Å². The van der Waals surface area contributed by atoms with E-state index in [2.05, 4.69) is 35.5 Å². The van der Waals surface area contributed by atoms with Gasteiger partial charge in [0.25, 0.3) is 0 Å². The monoisotopic (exact) mass is 466 g/mol. The fourth-order valence-electron chi connectivity index (χ4n) is 3.75. The molecule has 36 heavy (non-hydrogen) atoms. The van der Waals surface area contributed by atoms with Crippen LogP contribution >= 0.6 is 0 Å². The molecule has 0 fully saturated rings. The molecule has 6 rings (SSSR count). The van der Waals surface area contributed by atoms with Crippen molar-refractivity contribution in [3.8, 4) is 58.5 Å². The van der Waals surface area contributed by atoms with E-state index in [1.165, 1.54) is 0 Å². The summed E-state index contributed by atoms with van der Waals surface area (Å²) in [5.41, 5.74) is 4.83. The van der Waals surface area contributed by atoms with Crippen LogP contribution in [-0.2, 0) is 0 Å². The molecule has 0 saturated heterocycles. The molecule has 4 heteroatoms. The Kier molecular flexibility index (Phi) is 5.65. The van der Waals surface area contributed by atoms with Crippen LogP contribution in [0.4, 0.5) is 0 Å². The Morgan fingerprint density at radius 2 is 0.694 bits per heavy atom. The van der Waals surface area contributed by atoms with E-state index in [1.807, 2.05) is 84.9 Å². The van der Waals surface area contributed by atoms with Gasteiger partial charge in [0, 0.05) is 57.6 Å². The van der Waals surface area contributed by atoms with Gasteiger partial charge in [-0.25, -0.2) is 0 Å². The minimum Gasteiger partial charge on any atom is -0.454 e. The average molecular weight is 466 g/mol. The molecule has 0 radical (unpaired) electrons. The molecule has 0 bridgehead atoms. The van der Waals surface area contributed by atoms with E-state index in [0.717, 1.165) is 33.4 Å². The highest BCUT2D eigenvalue weighted by Crippen LogP contribution is 2.36. The zero-order chi connectivity index (χ0) is 24.2. The molecule has 4 nitrogen and oxygen atoms in total. The minimum atomic E-state index is 0.180. The van der Waals surface area contributed by atoms with E-state index in [4.69, 9.17) is 18.9 Å². The standard InChI is InChI=1S/C32H18O4/c1-3-7-23(8-4-1)11-13-25-17-29-31(35-21-33-29)19-27(25)15-16-28-20-32-30(34-22-36-32)18-26(28)14-12-24-9-5-2-6-10-24/h1-10,17-20H,21-22H2. The highest BCUT2D eigenvalue weighted by molar-refractivity contribution is 5.64. The largest absolute Gasteiger partial charge is 0.454 e. The second-order valence-electron chi connectivity index (χ2n) is 7.98. The number of hydrogen-bond donors (Lipinski definition) is 0. The van der Waals surface area contributed by atoms with Gasteiger partial charge in [0.2, 0.25) is 13.6 Å². The quantitative estimate of drug-likeness (QED) is 0.328. The van der Waals surface area contributed by atoms with Gasteiger partial charge in [-0.3, -0.25) is 0 Å². The topological polar surface area (TPSA) is 36.9 Å². The summed E-state index contributed by atoms with van der Waals surface area (Å²) < 4.78 is 22.3. The predicted molar refractivity (Wildman–Crippen MR) is 136 cm³/mol. The molecule has 0 N–H and O–H groups in total. The van der Waals surface area contributed by atoms with Crippen molar-refractivity contribution in [3.05, 3.63) is 118 Å². The first-order valence-electron chi connectivity index (χ1n) is 11.4. The van der Waals surface area contributed by atoms with Crippen molar-refractivity contribution in [1.82, 2.24) is 0 Å². The van der Waals surface area contributed by atoms with E-state index < -0.39 is 0 Å².